The number of methoxy groups -OCH3 is 1. The van der Waals surface area contributed by atoms with Crippen LogP contribution in [0, 0.1) is 0 Å². The Hall–Kier alpha value is -1.02. The van der Waals surface area contributed by atoms with E-state index in [-0.39, 0.29) is 0 Å². The molecule has 0 spiro atoms. The van der Waals surface area contributed by atoms with Crippen LogP contribution in [-0.4, -0.2) is 7.11 Å². The van der Waals surface area contributed by atoms with Crippen molar-refractivity contribution in [3.8, 4) is 5.75 Å². The first-order valence-corrected chi connectivity index (χ1v) is 5.85. The Labute approximate surface area is 98.2 Å². The molecule has 1 unspecified atom stereocenters. The Morgan fingerprint density at radius 3 is 2.33 bits per heavy atom. The standard InChI is InChI=1S/C13H13BrO/c1-9(14)10-7-8-13(15-2)12-6-4-3-5-11(10)12/h3-9H,1-2H3. The highest BCUT2D eigenvalue weighted by molar-refractivity contribution is 9.09. The van der Waals surface area contributed by atoms with Crippen molar-refractivity contribution in [2.24, 2.45) is 0 Å². The second-order valence-electron chi connectivity index (χ2n) is 3.52. The van der Waals surface area contributed by atoms with Crippen molar-refractivity contribution in [2.75, 3.05) is 7.11 Å². The minimum atomic E-state index is 0.355. The molecule has 2 aromatic rings. The highest BCUT2D eigenvalue weighted by Gasteiger charge is 2.08. The van der Waals surface area contributed by atoms with Gasteiger partial charge in [0.05, 0.1) is 7.11 Å². The molecule has 78 valence electrons. The summed E-state index contributed by atoms with van der Waals surface area (Å²) in [5, 5.41) is 2.42. The zero-order valence-corrected chi connectivity index (χ0v) is 10.4. The molecule has 0 radical (unpaired) electrons. The van der Waals surface area contributed by atoms with Gasteiger partial charge in [0.1, 0.15) is 5.75 Å². The van der Waals surface area contributed by atoms with Crippen LogP contribution in [0.5, 0.6) is 5.75 Å². The Bertz CT molecular complexity index is 477. The summed E-state index contributed by atoms with van der Waals surface area (Å²) in [6.07, 6.45) is 0. The minimum absolute atomic E-state index is 0.355. The number of fused-ring (bicyclic) bond motifs is 1. The number of hydrogen-bond acceptors (Lipinski definition) is 1. The largest absolute Gasteiger partial charge is 0.496 e. The molecule has 0 heterocycles. The van der Waals surface area contributed by atoms with Crippen LogP contribution in [0.1, 0.15) is 17.3 Å². The first kappa shape index (κ1) is 10.5. The third-order valence-electron chi connectivity index (χ3n) is 2.57. The average molecular weight is 265 g/mol. The maximum Gasteiger partial charge on any atom is 0.126 e. The summed E-state index contributed by atoms with van der Waals surface area (Å²) < 4.78 is 5.35. The molecule has 1 nitrogen and oxygen atoms in total. The average Bonchev–Trinajstić information content (AvgIpc) is 2.27. The van der Waals surface area contributed by atoms with E-state index in [2.05, 4.69) is 47.1 Å². The van der Waals surface area contributed by atoms with Gasteiger partial charge in [0.2, 0.25) is 0 Å². The van der Waals surface area contributed by atoms with Gasteiger partial charge in [-0.05, 0) is 23.9 Å². The molecule has 1 atom stereocenters. The van der Waals surface area contributed by atoms with E-state index in [1.165, 1.54) is 16.3 Å². The van der Waals surface area contributed by atoms with Gasteiger partial charge in [-0.15, -0.1) is 0 Å². The third-order valence-corrected chi connectivity index (χ3v) is 3.06. The lowest BCUT2D eigenvalue weighted by molar-refractivity contribution is 0.419. The van der Waals surface area contributed by atoms with E-state index >= 15 is 0 Å². The normalized spacial score (nSPS) is 12.7. The number of halogens is 1. The molecule has 0 saturated heterocycles. The summed E-state index contributed by atoms with van der Waals surface area (Å²) in [5.74, 6) is 0.933. The van der Waals surface area contributed by atoms with Gasteiger partial charge in [-0.2, -0.15) is 0 Å². The number of rotatable bonds is 2. The summed E-state index contributed by atoms with van der Waals surface area (Å²) in [6.45, 7) is 2.13. The molecule has 2 rings (SSSR count). The van der Waals surface area contributed by atoms with Gasteiger partial charge in [0, 0.05) is 10.2 Å². The lowest BCUT2D eigenvalue weighted by Crippen LogP contribution is -1.90. The number of alkyl halides is 1. The minimum Gasteiger partial charge on any atom is -0.496 e. The zero-order valence-electron chi connectivity index (χ0n) is 8.83. The maximum atomic E-state index is 5.35. The SMILES string of the molecule is COc1ccc(C(C)Br)c2ccccc12. The Morgan fingerprint density at radius 1 is 1.07 bits per heavy atom. The fraction of sp³-hybridized carbons (Fsp3) is 0.231. The van der Waals surface area contributed by atoms with Crippen LogP contribution in [0.4, 0.5) is 0 Å². The molecule has 2 heteroatoms. The first-order valence-electron chi connectivity index (χ1n) is 4.93. The van der Waals surface area contributed by atoms with Crippen molar-refractivity contribution in [1.82, 2.24) is 0 Å². The van der Waals surface area contributed by atoms with Crippen molar-refractivity contribution in [1.29, 1.82) is 0 Å². The molecule has 0 amide bonds. The number of ether oxygens (including phenoxy) is 1. The lowest BCUT2D eigenvalue weighted by Gasteiger charge is -2.11. The molecule has 0 bridgehead atoms. The van der Waals surface area contributed by atoms with Crippen LogP contribution in [0.2, 0.25) is 0 Å². The second kappa shape index (κ2) is 4.23. The molecule has 0 fully saturated rings. The zero-order chi connectivity index (χ0) is 10.8. The Morgan fingerprint density at radius 2 is 1.73 bits per heavy atom. The van der Waals surface area contributed by atoms with Crippen LogP contribution >= 0.6 is 15.9 Å². The van der Waals surface area contributed by atoms with Crippen LogP contribution < -0.4 is 4.74 Å². The first-order chi connectivity index (χ1) is 7.24. The summed E-state index contributed by atoms with van der Waals surface area (Å²) in [6, 6.07) is 12.4. The highest BCUT2D eigenvalue weighted by Crippen LogP contribution is 2.34. The van der Waals surface area contributed by atoms with E-state index in [1.807, 2.05) is 12.1 Å². The van der Waals surface area contributed by atoms with E-state index in [0.717, 1.165) is 5.75 Å². The van der Waals surface area contributed by atoms with Crippen LogP contribution in [0.15, 0.2) is 36.4 Å². The Kier molecular flexibility index (Phi) is 2.96. The summed E-state index contributed by atoms with van der Waals surface area (Å²) in [4.78, 5) is 0.355. The van der Waals surface area contributed by atoms with Crippen molar-refractivity contribution in [2.45, 2.75) is 11.8 Å². The predicted octanol–water partition coefficient (Wildman–Crippen LogP) is 4.30. The van der Waals surface area contributed by atoms with Crippen molar-refractivity contribution in [3.05, 3.63) is 42.0 Å². The van der Waals surface area contributed by atoms with E-state index in [4.69, 9.17) is 4.74 Å². The van der Waals surface area contributed by atoms with Crippen molar-refractivity contribution < 1.29 is 4.74 Å². The Balaban J connectivity index is 2.77. The summed E-state index contributed by atoms with van der Waals surface area (Å²) in [7, 11) is 1.71. The fourth-order valence-electron chi connectivity index (χ4n) is 1.82. The molecule has 0 saturated carbocycles. The van der Waals surface area contributed by atoms with Crippen LogP contribution in [-0.2, 0) is 0 Å². The molecule has 0 aliphatic carbocycles. The van der Waals surface area contributed by atoms with E-state index in [9.17, 15) is 0 Å². The predicted molar refractivity (Wildman–Crippen MR) is 67.8 cm³/mol. The van der Waals surface area contributed by atoms with Gasteiger partial charge in [0.25, 0.3) is 0 Å². The van der Waals surface area contributed by atoms with Gasteiger partial charge >= 0.3 is 0 Å². The van der Waals surface area contributed by atoms with E-state index in [0.29, 0.717) is 4.83 Å². The molecule has 0 aliphatic heterocycles. The highest BCUT2D eigenvalue weighted by atomic mass is 79.9. The molecule has 2 aromatic carbocycles. The summed E-state index contributed by atoms with van der Waals surface area (Å²) in [5.41, 5.74) is 1.30. The number of hydrogen-bond donors (Lipinski definition) is 0. The van der Waals surface area contributed by atoms with E-state index < -0.39 is 0 Å². The number of benzene rings is 2. The molecule has 15 heavy (non-hydrogen) atoms. The maximum absolute atomic E-state index is 5.35. The molecular weight excluding hydrogens is 252 g/mol. The smallest absolute Gasteiger partial charge is 0.126 e. The van der Waals surface area contributed by atoms with Crippen molar-refractivity contribution >= 4 is 26.7 Å². The molecular formula is C13H13BrO. The molecule has 0 N–H and O–H groups in total. The van der Waals surface area contributed by atoms with Gasteiger partial charge in [-0.3, -0.25) is 0 Å². The van der Waals surface area contributed by atoms with Gasteiger partial charge in [-0.25, -0.2) is 0 Å². The quantitative estimate of drug-likeness (QED) is 0.735. The van der Waals surface area contributed by atoms with E-state index in [1.54, 1.807) is 7.11 Å². The lowest BCUT2D eigenvalue weighted by atomic mass is 10.0. The molecule has 0 aliphatic rings. The van der Waals surface area contributed by atoms with Gasteiger partial charge < -0.3 is 4.74 Å². The summed E-state index contributed by atoms with van der Waals surface area (Å²) >= 11 is 3.61. The molecule has 0 aromatic heterocycles. The van der Waals surface area contributed by atoms with Crippen LogP contribution in [0.25, 0.3) is 10.8 Å². The third kappa shape index (κ3) is 1.86. The second-order valence-corrected chi connectivity index (χ2v) is 4.89. The fourth-order valence-corrected chi connectivity index (χ4v) is 2.22. The monoisotopic (exact) mass is 264 g/mol. The topological polar surface area (TPSA) is 9.23 Å². The van der Waals surface area contributed by atoms with Crippen molar-refractivity contribution in [3.63, 3.8) is 0 Å². The van der Waals surface area contributed by atoms with Gasteiger partial charge in [0.15, 0.2) is 0 Å². The van der Waals surface area contributed by atoms with Crippen LogP contribution in [0.3, 0.4) is 0 Å². The van der Waals surface area contributed by atoms with Gasteiger partial charge in [-0.1, -0.05) is 46.3 Å².